The van der Waals surface area contributed by atoms with Crippen LogP contribution in [0, 0.1) is 0 Å². The topological polar surface area (TPSA) is 66.2 Å². The van der Waals surface area contributed by atoms with Gasteiger partial charge in [-0.25, -0.2) is 4.79 Å². The molecule has 2 N–H and O–H groups in total. The van der Waals surface area contributed by atoms with Gasteiger partial charge < -0.3 is 14.5 Å². The summed E-state index contributed by atoms with van der Waals surface area (Å²) in [6.45, 7) is 0. The fraction of sp³-hybridized carbons (Fsp3) is 0. The Morgan fingerprint density at radius 1 is 1.50 bits per heavy atom. The Kier molecular flexibility index (Phi) is 2.05. The number of nitrogens with one attached hydrogen (secondary N) is 1. The molecule has 0 unspecified atom stereocenters. The van der Waals surface area contributed by atoms with E-state index in [4.69, 9.17) is 21.1 Å². The van der Waals surface area contributed by atoms with Crippen molar-refractivity contribution < 1.29 is 14.3 Å². The molecule has 14 heavy (non-hydrogen) atoms. The van der Waals surface area contributed by atoms with Gasteiger partial charge in [-0.2, -0.15) is 0 Å². The largest absolute Gasteiger partial charge is 0.478 e. The fourth-order valence-corrected chi connectivity index (χ4v) is 1.40. The molecule has 0 radical (unpaired) electrons. The van der Waals surface area contributed by atoms with Crippen molar-refractivity contribution >= 4 is 17.6 Å². The minimum absolute atomic E-state index is 0.141. The monoisotopic (exact) mass is 211 g/mol. The molecular weight excluding hydrogens is 206 g/mol. The van der Waals surface area contributed by atoms with Gasteiger partial charge in [0.05, 0.1) is 22.5 Å². The maximum atomic E-state index is 10.8. The van der Waals surface area contributed by atoms with Crippen LogP contribution in [0.5, 0.6) is 0 Å². The predicted molar refractivity (Wildman–Crippen MR) is 50.5 cm³/mol. The molecule has 0 bridgehead atoms. The van der Waals surface area contributed by atoms with Crippen molar-refractivity contribution in [2.45, 2.75) is 0 Å². The van der Waals surface area contributed by atoms with Gasteiger partial charge in [-0.15, -0.1) is 0 Å². The summed E-state index contributed by atoms with van der Waals surface area (Å²) in [5.41, 5.74) is 0.523. The van der Waals surface area contributed by atoms with Gasteiger partial charge in [-0.05, 0) is 12.1 Å². The highest BCUT2D eigenvalue weighted by atomic mass is 35.5. The molecule has 2 rings (SSSR count). The molecule has 2 aromatic heterocycles. The zero-order chi connectivity index (χ0) is 10.1. The van der Waals surface area contributed by atoms with Crippen molar-refractivity contribution in [3.05, 3.63) is 35.2 Å². The van der Waals surface area contributed by atoms with Crippen molar-refractivity contribution in [2.24, 2.45) is 0 Å². The van der Waals surface area contributed by atoms with Crippen molar-refractivity contribution in [1.82, 2.24) is 4.98 Å². The van der Waals surface area contributed by atoms with Crippen LogP contribution in [0.4, 0.5) is 0 Å². The number of rotatable bonds is 2. The zero-order valence-corrected chi connectivity index (χ0v) is 7.71. The van der Waals surface area contributed by atoms with Crippen LogP contribution in [0.25, 0.3) is 11.5 Å². The normalized spacial score (nSPS) is 10.4. The summed E-state index contributed by atoms with van der Waals surface area (Å²) in [4.78, 5) is 13.6. The van der Waals surface area contributed by atoms with Gasteiger partial charge in [0.2, 0.25) is 0 Å². The molecule has 0 fully saturated rings. The van der Waals surface area contributed by atoms with Gasteiger partial charge in [0, 0.05) is 6.20 Å². The molecular formula is C9H6ClNO3. The van der Waals surface area contributed by atoms with Crippen molar-refractivity contribution in [2.75, 3.05) is 0 Å². The number of H-pyrrole nitrogens is 1. The van der Waals surface area contributed by atoms with Crippen LogP contribution in [0.3, 0.4) is 0 Å². The number of hydrogen-bond donors (Lipinski definition) is 2. The molecule has 0 aliphatic carbocycles. The number of hydrogen-bond acceptors (Lipinski definition) is 2. The van der Waals surface area contributed by atoms with E-state index in [-0.39, 0.29) is 5.56 Å². The summed E-state index contributed by atoms with van der Waals surface area (Å²) in [5, 5.41) is 9.22. The van der Waals surface area contributed by atoms with Crippen LogP contribution in [0.15, 0.2) is 29.0 Å². The SMILES string of the molecule is O=C(O)c1cc[nH]c1-c1occc1Cl. The maximum Gasteiger partial charge on any atom is 0.338 e. The summed E-state index contributed by atoms with van der Waals surface area (Å²) in [6.07, 6.45) is 2.93. The van der Waals surface area contributed by atoms with Crippen LogP contribution >= 0.6 is 11.6 Å². The van der Waals surface area contributed by atoms with Gasteiger partial charge in [0.15, 0.2) is 5.76 Å². The third kappa shape index (κ3) is 1.29. The summed E-state index contributed by atoms with van der Waals surface area (Å²) < 4.78 is 5.07. The third-order valence-electron chi connectivity index (χ3n) is 1.82. The van der Waals surface area contributed by atoms with Gasteiger partial charge in [0.25, 0.3) is 0 Å². The number of carbonyl (C=O) groups is 1. The van der Waals surface area contributed by atoms with E-state index in [1.807, 2.05) is 0 Å². The van der Waals surface area contributed by atoms with Crippen molar-refractivity contribution in [3.63, 3.8) is 0 Å². The van der Waals surface area contributed by atoms with E-state index in [2.05, 4.69) is 4.98 Å². The van der Waals surface area contributed by atoms with E-state index >= 15 is 0 Å². The molecule has 0 saturated carbocycles. The molecule has 72 valence electrons. The van der Waals surface area contributed by atoms with E-state index < -0.39 is 5.97 Å². The lowest BCUT2D eigenvalue weighted by Crippen LogP contribution is -1.96. The quantitative estimate of drug-likeness (QED) is 0.803. The van der Waals surface area contributed by atoms with E-state index in [0.717, 1.165) is 0 Å². The molecule has 4 nitrogen and oxygen atoms in total. The second kappa shape index (κ2) is 3.23. The number of aromatic carboxylic acids is 1. The molecule has 0 amide bonds. The Morgan fingerprint density at radius 2 is 2.29 bits per heavy atom. The first-order chi connectivity index (χ1) is 6.70. The number of carboxylic acid groups (broad SMARTS) is 1. The number of aromatic amines is 1. The van der Waals surface area contributed by atoms with Gasteiger partial charge in [0.1, 0.15) is 0 Å². The summed E-state index contributed by atoms with van der Waals surface area (Å²) in [5.74, 6) is -0.678. The number of furan rings is 1. The average Bonchev–Trinajstić information content (AvgIpc) is 2.70. The standard InChI is InChI=1S/C9H6ClNO3/c10-6-2-4-14-8(6)7-5(9(12)13)1-3-11-7/h1-4,11H,(H,12,13). The molecule has 0 atom stereocenters. The van der Waals surface area contributed by atoms with Crippen LogP contribution in [0.2, 0.25) is 5.02 Å². The van der Waals surface area contributed by atoms with Crippen LogP contribution < -0.4 is 0 Å². The highest BCUT2D eigenvalue weighted by molar-refractivity contribution is 6.33. The van der Waals surface area contributed by atoms with Crippen LogP contribution in [0.1, 0.15) is 10.4 Å². The molecule has 5 heteroatoms. The average molecular weight is 212 g/mol. The molecule has 0 aliphatic rings. The minimum atomic E-state index is -1.02. The smallest absolute Gasteiger partial charge is 0.338 e. The van der Waals surface area contributed by atoms with Crippen molar-refractivity contribution in [1.29, 1.82) is 0 Å². The molecule has 2 aromatic rings. The van der Waals surface area contributed by atoms with Crippen LogP contribution in [-0.4, -0.2) is 16.1 Å². The lowest BCUT2D eigenvalue weighted by atomic mass is 10.2. The number of halogens is 1. The predicted octanol–water partition coefficient (Wildman–Crippen LogP) is 2.63. The zero-order valence-electron chi connectivity index (χ0n) is 6.95. The third-order valence-corrected chi connectivity index (χ3v) is 2.12. The number of aromatic nitrogens is 1. The molecule has 0 aromatic carbocycles. The second-order valence-electron chi connectivity index (χ2n) is 2.67. The Bertz CT molecular complexity index is 472. The lowest BCUT2D eigenvalue weighted by molar-refractivity contribution is 0.0698. The first-order valence-corrected chi connectivity index (χ1v) is 4.22. The van der Waals surface area contributed by atoms with E-state index in [9.17, 15) is 4.79 Å². The molecule has 0 spiro atoms. The molecule has 2 heterocycles. The summed E-state index contributed by atoms with van der Waals surface area (Å²) in [7, 11) is 0. The lowest BCUT2D eigenvalue weighted by Gasteiger charge is -1.96. The first-order valence-electron chi connectivity index (χ1n) is 3.84. The Balaban J connectivity index is 2.57. The summed E-state index contributed by atoms with van der Waals surface area (Å²) >= 11 is 5.80. The summed E-state index contributed by atoms with van der Waals surface area (Å²) in [6, 6.07) is 3.01. The first kappa shape index (κ1) is 8.90. The Morgan fingerprint density at radius 3 is 2.86 bits per heavy atom. The van der Waals surface area contributed by atoms with Gasteiger partial charge in [-0.3, -0.25) is 0 Å². The second-order valence-corrected chi connectivity index (χ2v) is 3.08. The Labute approximate surface area is 84.1 Å². The van der Waals surface area contributed by atoms with Crippen LogP contribution in [-0.2, 0) is 0 Å². The van der Waals surface area contributed by atoms with E-state index in [1.54, 1.807) is 6.07 Å². The van der Waals surface area contributed by atoms with Gasteiger partial charge >= 0.3 is 5.97 Å². The van der Waals surface area contributed by atoms with Gasteiger partial charge in [-0.1, -0.05) is 11.6 Å². The Hall–Kier alpha value is -1.68. The highest BCUT2D eigenvalue weighted by Gasteiger charge is 2.17. The van der Waals surface area contributed by atoms with E-state index in [1.165, 1.54) is 18.5 Å². The highest BCUT2D eigenvalue weighted by Crippen LogP contribution is 2.30. The minimum Gasteiger partial charge on any atom is -0.478 e. The number of carboxylic acids is 1. The fourth-order valence-electron chi connectivity index (χ4n) is 1.21. The maximum absolute atomic E-state index is 10.8. The van der Waals surface area contributed by atoms with E-state index in [0.29, 0.717) is 16.5 Å². The van der Waals surface area contributed by atoms with Crippen molar-refractivity contribution in [3.8, 4) is 11.5 Å². The molecule has 0 saturated heterocycles. The molecule has 0 aliphatic heterocycles.